The normalized spacial score (nSPS) is 15.9. The second-order valence-corrected chi connectivity index (χ2v) is 4.80. The molecule has 1 saturated heterocycles. The van der Waals surface area contributed by atoms with Gasteiger partial charge in [-0.1, -0.05) is 0 Å². The number of nitrogens with zero attached hydrogens (tertiary/aromatic N) is 2. The van der Waals surface area contributed by atoms with Gasteiger partial charge >= 0.3 is 11.9 Å². The van der Waals surface area contributed by atoms with Crippen molar-refractivity contribution in [3.63, 3.8) is 0 Å². The number of hydrogen-bond donors (Lipinski definition) is 1. The molecule has 7 nitrogen and oxygen atoms in total. The molecule has 0 unspecified atom stereocenters. The molecule has 1 rings (SSSR count). The third-order valence-electron chi connectivity index (χ3n) is 3.37. The van der Waals surface area contributed by atoms with Crippen molar-refractivity contribution >= 4 is 17.8 Å². The smallest absolute Gasteiger partial charge is 0.306 e. The third kappa shape index (κ3) is 6.01. The first-order valence-electron chi connectivity index (χ1n) is 6.81. The number of carbonyl (C=O) groups is 3. The summed E-state index contributed by atoms with van der Waals surface area (Å²) in [5, 5.41) is 8.53. The van der Waals surface area contributed by atoms with Gasteiger partial charge in [0, 0.05) is 45.6 Å². The van der Waals surface area contributed by atoms with Gasteiger partial charge in [0.1, 0.15) is 0 Å². The number of aliphatic carboxylic acids is 1. The van der Waals surface area contributed by atoms with Crippen molar-refractivity contribution < 1.29 is 24.2 Å². The molecule has 0 radical (unpaired) electrons. The van der Waals surface area contributed by atoms with Crippen molar-refractivity contribution in [2.45, 2.75) is 25.7 Å². The monoisotopic (exact) mass is 286 g/mol. The maximum absolute atomic E-state index is 11.8. The first-order valence-corrected chi connectivity index (χ1v) is 6.81. The second kappa shape index (κ2) is 8.52. The Morgan fingerprint density at radius 1 is 1.05 bits per heavy atom. The molecule has 1 aliphatic rings. The van der Waals surface area contributed by atoms with Gasteiger partial charge in [-0.2, -0.15) is 0 Å². The lowest BCUT2D eigenvalue weighted by Gasteiger charge is -2.34. The molecule has 0 atom stereocenters. The molecule has 20 heavy (non-hydrogen) atoms. The average molecular weight is 286 g/mol. The molecule has 0 bridgehead atoms. The van der Waals surface area contributed by atoms with Gasteiger partial charge in [0.15, 0.2) is 0 Å². The van der Waals surface area contributed by atoms with Crippen molar-refractivity contribution in [1.29, 1.82) is 0 Å². The van der Waals surface area contributed by atoms with E-state index in [0.717, 1.165) is 13.1 Å². The summed E-state index contributed by atoms with van der Waals surface area (Å²) in [5.74, 6) is -1.08. The number of carboxylic acid groups (broad SMARTS) is 1. The number of ether oxygens (including phenoxy) is 1. The highest BCUT2D eigenvalue weighted by atomic mass is 16.5. The van der Waals surface area contributed by atoms with E-state index < -0.39 is 5.97 Å². The van der Waals surface area contributed by atoms with E-state index in [4.69, 9.17) is 5.11 Å². The fraction of sp³-hybridized carbons (Fsp3) is 0.769. The van der Waals surface area contributed by atoms with E-state index in [-0.39, 0.29) is 24.7 Å². The van der Waals surface area contributed by atoms with E-state index in [2.05, 4.69) is 9.64 Å². The predicted molar refractivity (Wildman–Crippen MR) is 71.1 cm³/mol. The molecule has 0 aromatic carbocycles. The summed E-state index contributed by atoms with van der Waals surface area (Å²) in [4.78, 5) is 37.1. The van der Waals surface area contributed by atoms with Crippen LogP contribution in [0.5, 0.6) is 0 Å². The summed E-state index contributed by atoms with van der Waals surface area (Å²) >= 11 is 0. The van der Waals surface area contributed by atoms with E-state index in [9.17, 15) is 14.4 Å². The van der Waals surface area contributed by atoms with Crippen LogP contribution < -0.4 is 0 Å². The van der Waals surface area contributed by atoms with Crippen LogP contribution in [0.15, 0.2) is 0 Å². The van der Waals surface area contributed by atoms with Crippen molar-refractivity contribution in [1.82, 2.24) is 9.80 Å². The molecule has 0 aromatic rings. The first kappa shape index (κ1) is 16.4. The van der Waals surface area contributed by atoms with E-state index >= 15 is 0 Å². The Balaban J connectivity index is 2.19. The molecule has 1 N–H and O–H groups in total. The number of rotatable bonds is 7. The molecule has 1 heterocycles. The first-order chi connectivity index (χ1) is 9.52. The number of hydrogen-bond acceptors (Lipinski definition) is 5. The highest BCUT2D eigenvalue weighted by Gasteiger charge is 2.21. The molecule has 1 amide bonds. The average Bonchev–Trinajstić information content (AvgIpc) is 2.44. The molecule has 0 aromatic heterocycles. The van der Waals surface area contributed by atoms with Crippen molar-refractivity contribution in [2.24, 2.45) is 0 Å². The molecular formula is C13H22N2O5. The minimum absolute atomic E-state index is 0.0128. The number of carbonyl (C=O) groups excluding carboxylic acids is 2. The van der Waals surface area contributed by atoms with Crippen LogP contribution in [-0.2, 0) is 19.1 Å². The predicted octanol–water partition coefficient (Wildman–Crippen LogP) is -0.0514. The van der Waals surface area contributed by atoms with Crippen LogP contribution in [0.1, 0.15) is 25.7 Å². The summed E-state index contributed by atoms with van der Waals surface area (Å²) in [6.07, 6.45) is 1.07. The van der Waals surface area contributed by atoms with Gasteiger partial charge in [-0.05, 0) is 6.42 Å². The maximum Gasteiger partial charge on any atom is 0.306 e. The molecule has 1 fully saturated rings. The van der Waals surface area contributed by atoms with Crippen LogP contribution in [0.3, 0.4) is 0 Å². The summed E-state index contributed by atoms with van der Waals surface area (Å²) < 4.78 is 4.59. The summed E-state index contributed by atoms with van der Waals surface area (Å²) in [6, 6.07) is 0. The van der Waals surface area contributed by atoms with E-state index in [1.807, 2.05) is 0 Å². The van der Waals surface area contributed by atoms with E-state index in [1.165, 1.54) is 7.11 Å². The fourth-order valence-corrected chi connectivity index (χ4v) is 2.12. The summed E-state index contributed by atoms with van der Waals surface area (Å²) in [6.45, 7) is 3.39. The number of carboxylic acids is 1. The van der Waals surface area contributed by atoms with Crippen LogP contribution >= 0.6 is 0 Å². The van der Waals surface area contributed by atoms with E-state index in [0.29, 0.717) is 32.5 Å². The summed E-state index contributed by atoms with van der Waals surface area (Å²) in [5.41, 5.74) is 0. The van der Waals surface area contributed by atoms with Gasteiger partial charge < -0.3 is 14.7 Å². The van der Waals surface area contributed by atoms with Gasteiger partial charge in [-0.3, -0.25) is 19.3 Å². The van der Waals surface area contributed by atoms with Crippen molar-refractivity contribution in [3.8, 4) is 0 Å². The fourth-order valence-electron chi connectivity index (χ4n) is 2.12. The minimum Gasteiger partial charge on any atom is -0.481 e. The highest BCUT2D eigenvalue weighted by molar-refractivity contribution is 5.77. The molecule has 0 aliphatic carbocycles. The van der Waals surface area contributed by atoms with Crippen LogP contribution in [0.4, 0.5) is 0 Å². The van der Waals surface area contributed by atoms with Crippen LogP contribution in [0, 0.1) is 0 Å². The summed E-state index contributed by atoms with van der Waals surface area (Å²) in [7, 11) is 1.37. The Morgan fingerprint density at radius 2 is 1.70 bits per heavy atom. The lowest BCUT2D eigenvalue weighted by molar-refractivity contribution is -0.142. The molecule has 7 heteroatoms. The highest BCUT2D eigenvalue weighted by Crippen LogP contribution is 2.07. The van der Waals surface area contributed by atoms with Crippen molar-refractivity contribution in [2.75, 3.05) is 39.8 Å². The standard InChI is InChI=1S/C13H22N2O5/c1-20-13(19)5-6-14-7-9-15(10-8-14)11(16)3-2-4-12(17)18/h2-10H2,1H3,(H,17,18). The minimum atomic E-state index is -0.870. The number of esters is 1. The third-order valence-corrected chi connectivity index (χ3v) is 3.37. The Bertz CT molecular complexity index is 351. The van der Waals surface area contributed by atoms with Crippen LogP contribution in [0.2, 0.25) is 0 Å². The van der Waals surface area contributed by atoms with Gasteiger partial charge in [0.2, 0.25) is 5.91 Å². The largest absolute Gasteiger partial charge is 0.481 e. The lowest BCUT2D eigenvalue weighted by atomic mass is 10.2. The zero-order valence-electron chi connectivity index (χ0n) is 11.8. The van der Waals surface area contributed by atoms with E-state index in [1.54, 1.807) is 4.90 Å². The molecule has 114 valence electrons. The Labute approximate surface area is 118 Å². The van der Waals surface area contributed by atoms with Gasteiger partial charge in [0.05, 0.1) is 13.5 Å². The number of amides is 1. The Morgan fingerprint density at radius 3 is 2.25 bits per heavy atom. The molecule has 1 aliphatic heterocycles. The Kier molecular flexibility index (Phi) is 7.00. The SMILES string of the molecule is COC(=O)CCN1CCN(C(=O)CCCC(=O)O)CC1. The number of piperazine rings is 1. The molecule has 0 spiro atoms. The van der Waals surface area contributed by atoms with Gasteiger partial charge in [-0.15, -0.1) is 0 Å². The van der Waals surface area contributed by atoms with Crippen LogP contribution in [0.25, 0.3) is 0 Å². The van der Waals surface area contributed by atoms with Crippen LogP contribution in [-0.4, -0.2) is 72.6 Å². The van der Waals surface area contributed by atoms with Gasteiger partial charge in [0.25, 0.3) is 0 Å². The molecule has 0 saturated carbocycles. The van der Waals surface area contributed by atoms with Crippen molar-refractivity contribution in [3.05, 3.63) is 0 Å². The van der Waals surface area contributed by atoms with Gasteiger partial charge in [-0.25, -0.2) is 0 Å². The maximum atomic E-state index is 11.8. The zero-order valence-corrected chi connectivity index (χ0v) is 11.8. The second-order valence-electron chi connectivity index (χ2n) is 4.80. The number of methoxy groups -OCH3 is 1. The lowest BCUT2D eigenvalue weighted by Crippen LogP contribution is -2.49. The quantitative estimate of drug-likeness (QED) is 0.660. The topological polar surface area (TPSA) is 87.2 Å². The molecular weight excluding hydrogens is 264 g/mol. The Hall–Kier alpha value is -1.63. The zero-order chi connectivity index (χ0) is 15.0.